The number of nitrogens with one attached hydrogen (secondary N) is 1. The van der Waals surface area contributed by atoms with Crippen molar-refractivity contribution >= 4 is 16.9 Å². The number of nitrogens with zero attached hydrogens (tertiary/aromatic N) is 5. The molecule has 0 saturated carbocycles. The molecule has 0 aliphatic carbocycles. The number of aryl methyl sites for hydroxylation is 2. The minimum Gasteiger partial charge on any atom is -0.349 e. The zero-order valence-electron chi connectivity index (χ0n) is 15.2. The van der Waals surface area contributed by atoms with Crippen LogP contribution in [0, 0.1) is 6.92 Å². The van der Waals surface area contributed by atoms with E-state index in [-0.39, 0.29) is 29.8 Å². The van der Waals surface area contributed by atoms with Crippen molar-refractivity contribution in [3.05, 3.63) is 41.0 Å². The van der Waals surface area contributed by atoms with Crippen LogP contribution in [0.25, 0.3) is 11.0 Å². The van der Waals surface area contributed by atoms with Gasteiger partial charge in [0.1, 0.15) is 12.2 Å². The lowest BCUT2D eigenvalue weighted by Gasteiger charge is -2.08. The van der Waals surface area contributed by atoms with E-state index in [2.05, 4.69) is 20.5 Å². The molecule has 0 fully saturated rings. The van der Waals surface area contributed by atoms with Gasteiger partial charge < -0.3 is 5.32 Å². The lowest BCUT2D eigenvalue weighted by atomic mass is 10.1. The second kappa shape index (κ2) is 7.95. The molecule has 0 spiro atoms. The molecule has 0 aromatic carbocycles. The van der Waals surface area contributed by atoms with Gasteiger partial charge in [0.25, 0.3) is 12.9 Å². The molecule has 7 nitrogen and oxygen atoms in total. The highest BCUT2D eigenvalue weighted by Crippen LogP contribution is 2.32. The summed E-state index contributed by atoms with van der Waals surface area (Å²) in [6.07, 6.45) is -4.22. The molecule has 0 saturated heterocycles. The zero-order valence-corrected chi connectivity index (χ0v) is 15.2. The summed E-state index contributed by atoms with van der Waals surface area (Å²) in [4.78, 5) is 16.0. The lowest BCUT2D eigenvalue weighted by Crippen LogP contribution is -2.28. The second-order valence-corrected chi connectivity index (χ2v) is 6.12. The highest BCUT2D eigenvalue weighted by Gasteiger charge is 2.23. The lowest BCUT2D eigenvalue weighted by molar-refractivity contribution is -0.121. The fourth-order valence-corrected chi connectivity index (χ4v) is 2.86. The second-order valence-electron chi connectivity index (χ2n) is 6.12. The molecule has 3 heterocycles. The third-order valence-corrected chi connectivity index (χ3v) is 4.17. The molecule has 150 valence electrons. The van der Waals surface area contributed by atoms with Crippen LogP contribution < -0.4 is 5.32 Å². The first-order valence-corrected chi connectivity index (χ1v) is 8.53. The quantitative estimate of drug-likeness (QED) is 0.621. The molecule has 0 radical (unpaired) electrons. The number of hydrogen-bond acceptors (Lipinski definition) is 4. The van der Waals surface area contributed by atoms with Gasteiger partial charge in [-0.2, -0.15) is 10.2 Å². The van der Waals surface area contributed by atoms with Crippen LogP contribution in [0.15, 0.2) is 18.3 Å². The molecule has 3 rings (SSSR count). The van der Waals surface area contributed by atoms with Gasteiger partial charge in [0.15, 0.2) is 5.65 Å². The Labute approximate surface area is 157 Å². The van der Waals surface area contributed by atoms with Crippen LogP contribution in [-0.2, 0) is 24.4 Å². The average molecular weight is 398 g/mol. The van der Waals surface area contributed by atoms with Crippen molar-refractivity contribution in [2.75, 3.05) is 0 Å². The van der Waals surface area contributed by atoms with Gasteiger partial charge in [0.2, 0.25) is 5.91 Å². The van der Waals surface area contributed by atoms with Crippen molar-refractivity contribution in [1.82, 2.24) is 29.9 Å². The molecular weight excluding hydrogens is 380 g/mol. The Hall–Kier alpha value is -2.98. The normalized spacial score (nSPS) is 11.7. The predicted octanol–water partition coefficient (Wildman–Crippen LogP) is 3.15. The molecule has 1 amide bonds. The summed E-state index contributed by atoms with van der Waals surface area (Å²) >= 11 is 0. The SMILES string of the molecule is CCn1ccc(CNC(=O)Cn2nc(C)c3c(C(F)F)cc(C(F)F)nc32)n1. The highest BCUT2D eigenvalue weighted by atomic mass is 19.3. The smallest absolute Gasteiger partial charge is 0.280 e. The summed E-state index contributed by atoms with van der Waals surface area (Å²) in [5.41, 5.74) is -0.692. The van der Waals surface area contributed by atoms with E-state index in [1.165, 1.54) is 6.92 Å². The number of rotatable bonds is 7. The van der Waals surface area contributed by atoms with Crippen LogP contribution in [0.1, 0.15) is 42.4 Å². The Morgan fingerprint density at radius 1 is 1.21 bits per heavy atom. The van der Waals surface area contributed by atoms with E-state index < -0.39 is 30.0 Å². The van der Waals surface area contributed by atoms with Crippen LogP contribution in [0.5, 0.6) is 0 Å². The maximum absolute atomic E-state index is 13.3. The van der Waals surface area contributed by atoms with Crippen molar-refractivity contribution in [2.24, 2.45) is 0 Å². The number of pyridine rings is 1. The summed E-state index contributed by atoms with van der Waals surface area (Å²) in [6, 6.07) is 2.43. The van der Waals surface area contributed by atoms with Gasteiger partial charge in [-0.25, -0.2) is 27.2 Å². The number of fused-ring (bicyclic) bond motifs is 1. The highest BCUT2D eigenvalue weighted by molar-refractivity contribution is 5.84. The fraction of sp³-hybridized carbons (Fsp3) is 0.412. The minimum atomic E-state index is -3.02. The van der Waals surface area contributed by atoms with E-state index >= 15 is 0 Å². The Bertz CT molecular complexity index is 997. The number of carbonyl (C=O) groups excluding carboxylic acids is 1. The van der Waals surface area contributed by atoms with E-state index in [9.17, 15) is 22.4 Å². The molecule has 0 aliphatic rings. The Morgan fingerprint density at radius 3 is 2.57 bits per heavy atom. The molecule has 11 heteroatoms. The van der Waals surface area contributed by atoms with Crippen LogP contribution in [0.4, 0.5) is 17.6 Å². The summed E-state index contributed by atoms with van der Waals surface area (Å²) in [5.74, 6) is -0.474. The van der Waals surface area contributed by atoms with Gasteiger partial charge in [0.05, 0.1) is 23.3 Å². The molecule has 0 atom stereocenters. The van der Waals surface area contributed by atoms with Gasteiger partial charge in [-0.15, -0.1) is 0 Å². The first kappa shape index (κ1) is 19.8. The third-order valence-electron chi connectivity index (χ3n) is 4.17. The first-order valence-electron chi connectivity index (χ1n) is 8.53. The van der Waals surface area contributed by atoms with E-state index in [1.807, 2.05) is 6.92 Å². The van der Waals surface area contributed by atoms with Crippen molar-refractivity contribution in [3.8, 4) is 0 Å². The predicted molar refractivity (Wildman–Crippen MR) is 91.9 cm³/mol. The molecule has 0 bridgehead atoms. The maximum Gasteiger partial charge on any atom is 0.280 e. The third kappa shape index (κ3) is 3.97. The van der Waals surface area contributed by atoms with Crippen LogP contribution in [0.3, 0.4) is 0 Å². The van der Waals surface area contributed by atoms with E-state index in [1.54, 1.807) is 16.9 Å². The average Bonchev–Trinajstić information content (AvgIpc) is 3.24. The minimum absolute atomic E-state index is 0.0195. The molecule has 28 heavy (non-hydrogen) atoms. The molecule has 0 unspecified atom stereocenters. The van der Waals surface area contributed by atoms with Gasteiger partial charge in [-0.3, -0.25) is 9.48 Å². The first-order chi connectivity index (χ1) is 13.3. The number of alkyl halides is 4. The van der Waals surface area contributed by atoms with Crippen LogP contribution in [-0.4, -0.2) is 30.5 Å². The van der Waals surface area contributed by atoms with Crippen LogP contribution in [0.2, 0.25) is 0 Å². The topological polar surface area (TPSA) is 77.6 Å². The van der Waals surface area contributed by atoms with Crippen molar-refractivity contribution in [1.29, 1.82) is 0 Å². The van der Waals surface area contributed by atoms with E-state index in [0.717, 1.165) is 4.68 Å². The molecule has 3 aromatic heterocycles. The summed E-state index contributed by atoms with van der Waals surface area (Å²) in [6.45, 7) is 3.90. The Kier molecular flexibility index (Phi) is 5.61. The number of amides is 1. The fourth-order valence-electron chi connectivity index (χ4n) is 2.86. The Balaban J connectivity index is 1.85. The van der Waals surface area contributed by atoms with Crippen molar-refractivity contribution in [2.45, 2.75) is 46.3 Å². The summed E-state index contributed by atoms with van der Waals surface area (Å²) in [5, 5.41) is 10.9. The number of aromatic nitrogens is 5. The number of hydrogen-bond donors (Lipinski definition) is 1. The Morgan fingerprint density at radius 2 is 1.96 bits per heavy atom. The van der Waals surface area contributed by atoms with Crippen molar-refractivity contribution in [3.63, 3.8) is 0 Å². The molecular formula is C17H18F4N6O. The largest absolute Gasteiger partial charge is 0.349 e. The molecule has 0 aliphatic heterocycles. The van der Waals surface area contributed by atoms with Crippen molar-refractivity contribution < 1.29 is 22.4 Å². The number of carbonyl (C=O) groups is 1. The monoisotopic (exact) mass is 398 g/mol. The molecule has 1 N–H and O–H groups in total. The zero-order chi connectivity index (χ0) is 20.4. The van der Waals surface area contributed by atoms with E-state index in [4.69, 9.17) is 0 Å². The van der Waals surface area contributed by atoms with Gasteiger partial charge in [-0.05, 0) is 26.0 Å². The molecule has 3 aromatic rings. The van der Waals surface area contributed by atoms with Gasteiger partial charge in [0, 0.05) is 18.3 Å². The summed E-state index contributed by atoms with van der Waals surface area (Å²) in [7, 11) is 0. The maximum atomic E-state index is 13.3. The van der Waals surface area contributed by atoms with Gasteiger partial charge in [-0.1, -0.05) is 0 Å². The van der Waals surface area contributed by atoms with Gasteiger partial charge >= 0.3 is 0 Å². The summed E-state index contributed by atoms with van der Waals surface area (Å²) < 4.78 is 55.5. The van der Waals surface area contributed by atoms with E-state index in [0.29, 0.717) is 18.3 Å². The number of halogens is 4. The van der Waals surface area contributed by atoms with Crippen LogP contribution >= 0.6 is 0 Å². The standard InChI is InChI=1S/C17H18F4N6O/c1-3-26-5-4-10(25-26)7-22-13(28)8-27-17-14(9(2)24-27)11(15(18)19)6-12(23-17)16(20)21/h4-6,15-16H,3,7-8H2,1-2H3,(H,22,28).